The van der Waals surface area contributed by atoms with Gasteiger partial charge < -0.3 is 19.5 Å². The molecule has 2 aromatic carbocycles. The number of carbonyl (C=O) groups is 1. The van der Waals surface area contributed by atoms with Crippen LogP contribution in [0.4, 0.5) is 0 Å². The topological polar surface area (TPSA) is 83.8 Å². The lowest BCUT2D eigenvalue weighted by molar-refractivity contribution is -0.141. The Morgan fingerprint density at radius 1 is 1.00 bits per heavy atom. The average Bonchev–Trinajstić information content (AvgIpc) is 2.70. The maximum atomic E-state index is 14.3. The van der Waals surface area contributed by atoms with Gasteiger partial charge in [0.15, 0.2) is 0 Å². The van der Waals surface area contributed by atoms with E-state index in [1.54, 1.807) is 24.3 Å². The summed E-state index contributed by atoms with van der Waals surface area (Å²) in [5, 5.41) is 21.5. The van der Waals surface area contributed by atoms with Crippen molar-refractivity contribution in [2.24, 2.45) is 0 Å². The van der Waals surface area contributed by atoms with E-state index in [4.69, 9.17) is 0 Å². The number of benzene rings is 2. The molecule has 140 valence electrons. The number of esters is 1. The van der Waals surface area contributed by atoms with E-state index in [2.05, 4.69) is 4.74 Å². The summed E-state index contributed by atoms with van der Waals surface area (Å²) in [7, 11) is -1.95. The van der Waals surface area contributed by atoms with Gasteiger partial charge in [0.2, 0.25) is 0 Å². The third kappa shape index (κ3) is 4.61. The first-order chi connectivity index (χ1) is 12.5. The quantitative estimate of drug-likeness (QED) is 0.517. The van der Waals surface area contributed by atoms with Crippen LogP contribution in [-0.2, 0) is 14.1 Å². The Labute approximate surface area is 154 Å². The van der Waals surface area contributed by atoms with Crippen LogP contribution in [0.15, 0.2) is 60.7 Å². The van der Waals surface area contributed by atoms with E-state index in [9.17, 15) is 19.6 Å². The highest BCUT2D eigenvalue weighted by Gasteiger charge is 2.40. The summed E-state index contributed by atoms with van der Waals surface area (Å²) in [6.45, 7) is -0.205. The molecule has 0 unspecified atom stereocenters. The monoisotopic (exact) mass is 376 g/mol. The fourth-order valence-electron chi connectivity index (χ4n) is 3.14. The molecule has 0 saturated carbocycles. The number of rotatable bonds is 9. The smallest absolute Gasteiger partial charge is 0.305 e. The fraction of sp³-hybridized carbons (Fsp3) is 0.350. The van der Waals surface area contributed by atoms with Gasteiger partial charge in [-0.1, -0.05) is 60.7 Å². The van der Waals surface area contributed by atoms with Crippen molar-refractivity contribution in [3.8, 4) is 0 Å². The van der Waals surface area contributed by atoms with Crippen molar-refractivity contribution < 1.29 is 24.3 Å². The standard InChI is InChI=1S/C20H25O5P/c1-25-20(23)13-12-18(22)19(14-15-21)26(24,16-8-4-2-5-9-16)17-10-6-3-7-11-17/h2-11,18-19,21-22H,12-15H2,1H3/t18-,19-/m0/s1. The third-order valence-electron chi connectivity index (χ3n) is 4.49. The van der Waals surface area contributed by atoms with Crippen LogP contribution in [0, 0.1) is 0 Å². The van der Waals surface area contributed by atoms with Crippen molar-refractivity contribution in [1.29, 1.82) is 0 Å². The van der Waals surface area contributed by atoms with E-state index >= 15 is 0 Å². The Hall–Kier alpha value is -1.94. The summed E-state index contributed by atoms with van der Waals surface area (Å²) in [6.07, 6.45) is -0.680. The van der Waals surface area contributed by atoms with Gasteiger partial charge in [0.25, 0.3) is 0 Å². The lowest BCUT2D eigenvalue weighted by atomic mass is 10.1. The highest BCUT2D eigenvalue weighted by atomic mass is 31.2. The molecule has 0 bridgehead atoms. The van der Waals surface area contributed by atoms with E-state index in [-0.39, 0.29) is 25.9 Å². The highest BCUT2D eigenvalue weighted by Crippen LogP contribution is 2.51. The van der Waals surface area contributed by atoms with Crippen molar-refractivity contribution in [1.82, 2.24) is 0 Å². The highest BCUT2D eigenvalue weighted by molar-refractivity contribution is 7.79. The van der Waals surface area contributed by atoms with Crippen LogP contribution in [0.25, 0.3) is 0 Å². The zero-order chi connectivity index (χ0) is 19.0. The molecule has 2 N–H and O–H groups in total. The molecule has 0 amide bonds. The van der Waals surface area contributed by atoms with E-state index in [0.717, 1.165) is 0 Å². The number of carbonyl (C=O) groups excluding carboxylic acids is 1. The van der Waals surface area contributed by atoms with Crippen molar-refractivity contribution in [3.05, 3.63) is 60.7 Å². The van der Waals surface area contributed by atoms with Gasteiger partial charge in [0.1, 0.15) is 7.14 Å². The van der Waals surface area contributed by atoms with Gasteiger partial charge in [0, 0.05) is 29.3 Å². The maximum Gasteiger partial charge on any atom is 0.305 e. The fourth-order valence-corrected chi connectivity index (χ4v) is 6.55. The maximum absolute atomic E-state index is 14.3. The predicted molar refractivity (Wildman–Crippen MR) is 103 cm³/mol. The lowest BCUT2D eigenvalue weighted by Gasteiger charge is -2.32. The number of ether oxygens (including phenoxy) is 1. The second-order valence-corrected chi connectivity index (χ2v) is 9.10. The molecule has 2 aromatic rings. The van der Waals surface area contributed by atoms with E-state index < -0.39 is 24.9 Å². The summed E-state index contributed by atoms with van der Waals surface area (Å²) >= 11 is 0. The first-order valence-corrected chi connectivity index (χ1v) is 10.4. The van der Waals surface area contributed by atoms with Crippen LogP contribution in [0.2, 0.25) is 0 Å². The molecule has 5 nitrogen and oxygen atoms in total. The Balaban J connectivity index is 2.46. The Bertz CT molecular complexity index is 689. The van der Waals surface area contributed by atoms with Crippen molar-refractivity contribution in [3.63, 3.8) is 0 Å². The minimum Gasteiger partial charge on any atom is -0.469 e. The summed E-state index contributed by atoms with van der Waals surface area (Å²) < 4.78 is 18.9. The zero-order valence-corrected chi connectivity index (χ0v) is 15.7. The van der Waals surface area contributed by atoms with E-state index in [1.165, 1.54) is 7.11 Å². The van der Waals surface area contributed by atoms with Crippen LogP contribution >= 0.6 is 7.14 Å². The molecule has 0 spiro atoms. The predicted octanol–water partition coefficient (Wildman–Crippen LogP) is 2.07. The Kier molecular flexibility index (Phi) is 7.58. The third-order valence-corrected chi connectivity index (χ3v) is 8.15. The number of aliphatic hydroxyl groups excluding tert-OH is 2. The molecule has 0 aromatic heterocycles. The molecule has 0 aliphatic rings. The van der Waals surface area contributed by atoms with E-state index in [1.807, 2.05) is 36.4 Å². The number of hydrogen-bond donors (Lipinski definition) is 2. The second-order valence-electron chi connectivity index (χ2n) is 6.09. The average molecular weight is 376 g/mol. The Morgan fingerprint density at radius 2 is 1.50 bits per heavy atom. The van der Waals surface area contributed by atoms with Gasteiger partial charge in [-0.05, 0) is 12.8 Å². The molecule has 6 heteroatoms. The van der Waals surface area contributed by atoms with Gasteiger partial charge in [-0.15, -0.1) is 0 Å². The molecule has 0 aliphatic heterocycles. The lowest BCUT2D eigenvalue weighted by Crippen LogP contribution is -2.35. The van der Waals surface area contributed by atoms with Crippen molar-refractivity contribution in [2.45, 2.75) is 31.0 Å². The van der Waals surface area contributed by atoms with E-state index in [0.29, 0.717) is 10.6 Å². The number of methoxy groups -OCH3 is 1. The molecule has 0 heterocycles. The zero-order valence-electron chi connectivity index (χ0n) is 14.8. The molecule has 2 atom stereocenters. The van der Waals surface area contributed by atoms with Crippen LogP contribution in [0.1, 0.15) is 19.3 Å². The summed E-state index contributed by atoms with van der Waals surface area (Å²) in [5.41, 5.74) is -0.693. The van der Waals surface area contributed by atoms with Crippen LogP contribution < -0.4 is 10.6 Å². The first kappa shape index (κ1) is 20.4. The molecule has 0 fully saturated rings. The molecule has 0 saturated heterocycles. The normalized spacial score (nSPS) is 13.8. The minimum absolute atomic E-state index is 0.0309. The first-order valence-electron chi connectivity index (χ1n) is 8.60. The molecule has 26 heavy (non-hydrogen) atoms. The van der Waals surface area contributed by atoms with Gasteiger partial charge >= 0.3 is 5.97 Å². The molecular formula is C20H25O5P. The molecular weight excluding hydrogens is 351 g/mol. The van der Waals surface area contributed by atoms with Gasteiger partial charge in [0.05, 0.1) is 13.2 Å². The van der Waals surface area contributed by atoms with Crippen molar-refractivity contribution >= 4 is 23.7 Å². The van der Waals surface area contributed by atoms with Crippen molar-refractivity contribution in [2.75, 3.05) is 13.7 Å². The summed E-state index contributed by atoms with van der Waals surface area (Å²) in [4.78, 5) is 11.4. The summed E-state index contributed by atoms with van der Waals surface area (Å²) in [5.74, 6) is -0.430. The second kappa shape index (κ2) is 9.67. The van der Waals surface area contributed by atoms with Gasteiger partial charge in [-0.3, -0.25) is 4.79 Å². The minimum atomic E-state index is -3.24. The largest absolute Gasteiger partial charge is 0.469 e. The van der Waals surface area contributed by atoms with Crippen LogP contribution in [0.3, 0.4) is 0 Å². The SMILES string of the molecule is COC(=O)CC[C@H](O)[C@H](CCO)P(=O)(c1ccccc1)c1ccccc1. The Morgan fingerprint density at radius 3 is 1.92 bits per heavy atom. The summed E-state index contributed by atoms with van der Waals surface area (Å²) in [6, 6.07) is 18.0. The van der Waals surface area contributed by atoms with Crippen LogP contribution in [0.5, 0.6) is 0 Å². The molecule has 0 radical (unpaired) electrons. The van der Waals surface area contributed by atoms with Crippen LogP contribution in [-0.4, -0.2) is 41.7 Å². The molecule has 0 aliphatic carbocycles. The number of aliphatic hydroxyl groups is 2. The molecule has 2 rings (SSSR count). The van der Waals surface area contributed by atoms with Gasteiger partial charge in [-0.25, -0.2) is 0 Å². The van der Waals surface area contributed by atoms with Gasteiger partial charge in [-0.2, -0.15) is 0 Å². The number of hydrogen-bond acceptors (Lipinski definition) is 5.